The first-order valence-corrected chi connectivity index (χ1v) is 8.22. The summed E-state index contributed by atoms with van der Waals surface area (Å²) in [6, 6.07) is 8.67. The summed E-state index contributed by atoms with van der Waals surface area (Å²) < 4.78 is 63.5. The fourth-order valence-electron chi connectivity index (χ4n) is 2.19. The van der Waals surface area contributed by atoms with E-state index in [2.05, 4.69) is 39.5 Å². The molecule has 7 nitrogen and oxygen atoms in total. The van der Waals surface area contributed by atoms with E-state index < -0.39 is 24.3 Å². The van der Waals surface area contributed by atoms with Gasteiger partial charge >= 0.3 is 24.3 Å². The first kappa shape index (κ1) is 24.9. The lowest BCUT2D eigenvalue weighted by atomic mass is 10.1. The Kier molecular flexibility index (Phi) is 8.83. The van der Waals surface area contributed by atoms with Gasteiger partial charge < -0.3 is 20.4 Å². The summed E-state index contributed by atoms with van der Waals surface area (Å²) in [6.45, 7) is 4.34. The number of nitrogens with one attached hydrogen (secondary N) is 1. The van der Waals surface area contributed by atoms with Crippen LogP contribution in [-0.4, -0.2) is 65.7 Å². The topological polar surface area (TPSA) is 103 Å². The van der Waals surface area contributed by atoms with Crippen LogP contribution < -0.4 is 10.2 Å². The maximum absolute atomic E-state index is 10.6. The molecule has 0 spiro atoms. The van der Waals surface area contributed by atoms with Crippen molar-refractivity contribution in [1.82, 2.24) is 10.3 Å². The second-order valence-electron chi connectivity index (χ2n) is 5.75. The van der Waals surface area contributed by atoms with Gasteiger partial charge in [0.2, 0.25) is 0 Å². The number of pyridine rings is 1. The molecule has 1 aromatic heterocycles. The summed E-state index contributed by atoms with van der Waals surface area (Å²) in [5.41, 5.74) is 1.32. The third-order valence-electron chi connectivity index (χ3n) is 3.59. The number of alkyl halides is 6. The van der Waals surface area contributed by atoms with Crippen LogP contribution in [0.2, 0.25) is 0 Å². The zero-order valence-corrected chi connectivity index (χ0v) is 15.2. The Balaban J connectivity index is 0.000000271. The van der Waals surface area contributed by atoms with Crippen molar-refractivity contribution < 1.29 is 46.1 Å². The third-order valence-corrected chi connectivity index (χ3v) is 3.59. The smallest absolute Gasteiger partial charge is 0.475 e. The molecule has 1 saturated heterocycles. The van der Waals surface area contributed by atoms with Crippen LogP contribution in [0.3, 0.4) is 0 Å². The lowest BCUT2D eigenvalue weighted by Crippen LogP contribution is -2.43. The number of fused-ring (bicyclic) bond motifs is 1. The first-order valence-electron chi connectivity index (χ1n) is 8.22. The summed E-state index contributed by atoms with van der Waals surface area (Å²) in [6.07, 6.45) is -6.40. The van der Waals surface area contributed by atoms with E-state index in [1.807, 2.05) is 12.4 Å². The van der Waals surface area contributed by atoms with Gasteiger partial charge in [-0.1, -0.05) is 6.07 Å². The van der Waals surface area contributed by atoms with E-state index in [4.69, 9.17) is 19.8 Å². The van der Waals surface area contributed by atoms with E-state index >= 15 is 0 Å². The molecule has 2 heterocycles. The number of piperazine rings is 1. The molecule has 1 fully saturated rings. The number of anilines is 1. The summed E-state index contributed by atoms with van der Waals surface area (Å²) in [5, 5.41) is 20.1. The van der Waals surface area contributed by atoms with Gasteiger partial charge in [0.1, 0.15) is 0 Å². The molecule has 0 amide bonds. The van der Waals surface area contributed by atoms with Crippen molar-refractivity contribution >= 4 is 28.4 Å². The summed E-state index contributed by atoms with van der Waals surface area (Å²) in [7, 11) is 0. The maximum Gasteiger partial charge on any atom is 0.490 e. The third kappa shape index (κ3) is 8.51. The number of nitrogens with zero attached hydrogens (tertiary/aromatic N) is 2. The van der Waals surface area contributed by atoms with E-state index in [1.165, 1.54) is 16.5 Å². The fraction of sp³-hybridized carbons (Fsp3) is 0.353. The molecule has 1 aliphatic heterocycles. The molecule has 1 aliphatic rings. The Morgan fingerprint density at radius 1 is 0.900 bits per heavy atom. The van der Waals surface area contributed by atoms with E-state index in [-0.39, 0.29) is 0 Å². The van der Waals surface area contributed by atoms with Gasteiger partial charge in [0.25, 0.3) is 0 Å². The van der Waals surface area contributed by atoms with Gasteiger partial charge in [-0.3, -0.25) is 4.98 Å². The monoisotopic (exact) mass is 441 g/mol. The molecule has 166 valence electrons. The van der Waals surface area contributed by atoms with Crippen molar-refractivity contribution in [2.24, 2.45) is 0 Å². The predicted octanol–water partition coefficient (Wildman–Crippen LogP) is 2.91. The Bertz CT molecular complexity index is 827. The first-order chi connectivity index (χ1) is 13.8. The minimum Gasteiger partial charge on any atom is -0.475 e. The van der Waals surface area contributed by atoms with Crippen LogP contribution in [0.5, 0.6) is 0 Å². The average molecular weight is 441 g/mol. The number of hydrogen-bond donors (Lipinski definition) is 3. The van der Waals surface area contributed by atoms with Crippen LogP contribution in [0.25, 0.3) is 10.8 Å². The molecule has 0 aliphatic carbocycles. The van der Waals surface area contributed by atoms with Gasteiger partial charge in [0, 0.05) is 49.6 Å². The lowest BCUT2D eigenvalue weighted by molar-refractivity contribution is -0.193. The Morgan fingerprint density at radius 3 is 1.87 bits per heavy atom. The lowest BCUT2D eigenvalue weighted by Gasteiger charge is -2.29. The minimum absolute atomic E-state index is 1.08. The second-order valence-corrected chi connectivity index (χ2v) is 5.75. The number of halogens is 6. The highest BCUT2D eigenvalue weighted by atomic mass is 19.4. The van der Waals surface area contributed by atoms with Crippen LogP contribution in [0.1, 0.15) is 0 Å². The van der Waals surface area contributed by atoms with E-state index in [1.54, 1.807) is 0 Å². The van der Waals surface area contributed by atoms with E-state index in [0.717, 1.165) is 26.2 Å². The number of carboxylic acid groups (broad SMARTS) is 2. The molecule has 0 radical (unpaired) electrons. The van der Waals surface area contributed by atoms with Crippen LogP contribution in [-0.2, 0) is 9.59 Å². The van der Waals surface area contributed by atoms with Crippen molar-refractivity contribution in [2.75, 3.05) is 31.1 Å². The molecule has 1 aromatic carbocycles. The molecule has 0 saturated carbocycles. The van der Waals surface area contributed by atoms with E-state index in [9.17, 15) is 26.3 Å². The number of carboxylic acids is 2. The van der Waals surface area contributed by atoms with E-state index in [0.29, 0.717) is 0 Å². The Hall–Kier alpha value is -3.09. The van der Waals surface area contributed by atoms with Gasteiger partial charge in [-0.15, -0.1) is 0 Å². The zero-order chi connectivity index (χ0) is 22.9. The van der Waals surface area contributed by atoms with Crippen molar-refractivity contribution in [2.45, 2.75) is 12.4 Å². The predicted molar refractivity (Wildman–Crippen MR) is 94.2 cm³/mol. The quantitative estimate of drug-likeness (QED) is 0.585. The molecule has 2 aromatic rings. The Labute approximate surface area is 165 Å². The van der Waals surface area contributed by atoms with Gasteiger partial charge in [-0.25, -0.2) is 9.59 Å². The number of hydrogen-bond acceptors (Lipinski definition) is 5. The zero-order valence-electron chi connectivity index (χ0n) is 15.2. The summed E-state index contributed by atoms with van der Waals surface area (Å²) in [4.78, 5) is 24.4. The highest BCUT2D eigenvalue weighted by molar-refractivity contribution is 5.85. The number of aliphatic carboxylic acids is 2. The number of rotatable bonds is 1. The van der Waals surface area contributed by atoms with Crippen LogP contribution in [0, 0.1) is 0 Å². The second kappa shape index (κ2) is 10.6. The van der Waals surface area contributed by atoms with Crippen molar-refractivity contribution in [1.29, 1.82) is 0 Å². The molecule has 13 heteroatoms. The average Bonchev–Trinajstić information content (AvgIpc) is 2.68. The largest absolute Gasteiger partial charge is 0.490 e. The standard InChI is InChI=1S/C13H15N3.2C2HF3O2/c1-2-13(16-7-5-14-6-8-16)9-11-3-4-15-10-12(1)11;2*3-2(4,5)1(6)7/h1-4,9-10,14H,5-8H2;2*(H,6,7). The normalized spacial score (nSPS) is 14.1. The molecular weight excluding hydrogens is 424 g/mol. The Morgan fingerprint density at radius 2 is 1.40 bits per heavy atom. The number of aromatic nitrogens is 1. The molecular formula is C17H17F6N3O4. The summed E-state index contributed by atoms with van der Waals surface area (Å²) in [5.74, 6) is -5.51. The van der Waals surface area contributed by atoms with Crippen molar-refractivity contribution in [3.05, 3.63) is 36.7 Å². The van der Waals surface area contributed by atoms with Gasteiger partial charge in [0.15, 0.2) is 0 Å². The minimum atomic E-state index is -5.08. The molecule has 30 heavy (non-hydrogen) atoms. The number of carbonyl (C=O) groups is 2. The molecule has 3 rings (SSSR count). The molecule has 0 bridgehead atoms. The molecule has 0 atom stereocenters. The molecule has 0 unspecified atom stereocenters. The summed E-state index contributed by atoms with van der Waals surface area (Å²) >= 11 is 0. The number of benzene rings is 1. The van der Waals surface area contributed by atoms with Crippen molar-refractivity contribution in [3.63, 3.8) is 0 Å². The maximum atomic E-state index is 10.6. The van der Waals surface area contributed by atoms with Gasteiger partial charge in [0.05, 0.1) is 0 Å². The molecule has 3 N–H and O–H groups in total. The van der Waals surface area contributed by atoms with Gasteiger partial charge in [-0.2, -0.15) is 26.3 Å². The SMILES string of the molecule is O=C(O)C(F)(F)F.O=C(O)C(F)(F)F.c1cc2cc(N3CCNCC3)ccc2cn1. The highest BCUT2D eigenvalue weighted by Crippen LogP contribution is 2.21. The highest BCUT2D eigenvalue weighted by Gasteiger charge is 2.38. The fourth-order valence-corrected chi connectivity index (χ4v) is 2.19. The van der Waals surface area contributed by atoms with Crippen LogP contribution in [0.4, 0.5) is 32.0 Å². The van der Waals surface area contributed by atoms with Gasteiger partial charge in [-0.05, 0) is 23.6 Å². The van der Waals surface area contributed by atoms with Crippen LogP contribution >= 0.6 is 0 Å². The van der Waals surface area contributed by atoms with Crippen LogP contribution in [0.15, 0.2) is 36.7 Å². The van der Waals surface area contributed by atoms with Crippen molar-refractivity contribution in [3.8, 4) is 0 Å².